The zero-order chi connectivity index (χ0) is 14.4. The highest BCUT2D eigenvalue weighted by Gasteiger charge is 2.41. The first-order valence-electron chi connectivity index (χ1n) is 6.91. The zero-order valence-electron chi connectivity index (χ0n) is 12.6. The van der Waals surface area contributed by atoms with Crippen LogP contribution in [0.3, 0.4) is 0 Å². The van der Waals surface area contributed by atoms with Crippen LogP contribution in [0.1, 0.15) is 41.6 Å². The highest BCUT2D eigenvalue weighted by molar-refractivity contribution is 5.38. The number of hydrogen-bond acceptors (Lipinski definition) is 3. The van der Waals surface area contributed by atoms with Gasteiger partial charge < -0.3 is 10.2 Å². The number of benzene rings is 1. The highest BCUT2D eigenvalue weighted by Crippen LogP contribution is 2.36. The molecule has 1 aromatic carbocycles. The second-order valence-electron chi connectivity index (χ2n) is 6.33. The predicted molar refractivity (Wildman–Crippen MR) is 77.3 cm³/mol. The van der Waals surface area contributed by atoms with Gasteiger partial charge in [0, 0.05) is 12.6 Å². The molecule has 3 atom stereocenters. The Hall–Kier alpha value is -0.900. The van der Waals surface area contributed by atoms with Crippen molar-refractivity contribution in [1.29, 1.82) is 0 Å². The Kier molecular flexibility index (Phi) is 3.74. The number of hydrogen-bond donors (Lipinski definition) is 2. The minimum atomic E-state index is -1.01. The van der Waals surface area contributed by atoms with Crippen molar-refractivity contribution in [3.63, 3.8) is 0 Å². The minimum absolute atomic E-state index is 0.175. The van der Waals surface area contributed by atoms with E-state index in [4.69, 9.17) is 0 Å². The zero-order valence-corrected chi connectivity index (χ0v) is 12.6. The van der Waals surface area contributed by atoms with Crippen LogP contribution in [0.2, 0.25) is 0 Å². The molecule has 1 heterocycles. The van der Waals surface area contributed by atoms with Crippen LogP contribution >= 0.6 is 0 Å². The van der Waals surface area contributed by atoms with Gasteiger partial charge >= 0.3 is 0 Å². The maximum Gasteiger partial charge on any atom is 0.100 e. The van der Waals surface area contributed by atoms with Crippen LogP contribution in [0, 0.1) is 20.8 Å². The maximum absolute atomic E-state index is 10.2. The van der Waals surface area contributed by atoms with Gasteiger partial charge in [0.15, 0.2) is 0 Å². The lowest BCUT2D eigenvalue weighted by Gasteiger charge is -2.44. The summed E-state index contributed by atoms with van der Waals surface area (Å²) in [5, 5.41) is 20.3. The summed E-state index contributed by atoms with van der Waals surface area (Å²) in [4.78, 5) is 2.14. The van der Waals surface area contributed by atoms with Crippen molar-refractivity contribution < 1.29 is 10.2 Å². The van der Waals surface area contributed by atoms with Gasteiger partial charge in [-0.1, -0.05) is 12.1 Å². The third-order valence-electron chi connectivity index (χ3n) is 4.51. The summed E-state index contributed by atoms with van der Waals surface area (Å²) in [6, 6.07) is 4.60. The molecule has 1 aliphatic heterocycles. The molecule has 1 aliphatic rings. The summed E-state index contributed by atoms with van der Waals surface area (Å²) in [5.41, 5.74) is 4.08. The summed E-state index contributed by atoms with van der Waals surface area (Å²) in [5.74, 6) is 0. The van der Waals surface area contributed by atoms with Crippen molar-refractivity contribution >= 4 is 0 Å². The first-order valence-corrected chi connectivity index (χ1v) is 6.91. The Morgan fingerprint density at radius 1 is 1.16 bits per heavy atom. The molecular formula is C16H25NO2. The van der Waals surface area contributed by atoms with Gasteiger partial charge in [0.1, 0.15) is 5.60 Å². The molecule has 1 fully saturated rings. The summed E-state index contributed by atoms with van der Waals surface area (Å²) in [6.45, 7) is 8.56. The quantitative estimate of drug-likeness (QED) is 0.815. The van der Waals surface area contributed by atoms with Crippen molar-refractivity contribution in [1.82, 2.24) is 4.90 Å². The third kappa shape index (κ3) is 2.69. The first-order chi connectivity index (χ1) is 8.72. The molecule has 0 radical (unpaired) electrons. The molecule has 0 amide bonds. The smallest absolute Gasteiger partial charge is 0.100 e. The van der Waals surface area contributed by atoms with E-state index < -0.39 is 11.7 Å². The van der Waals surface area contributed by atoms with Crippen LogP contribution in [0.15, 0.2) is 12.1 Å². The molecule has 0 spiro atoms. The maximum atomic E-state index is 10.2. The van der Waals surface area contributed by atoms with Crippen LogP contribution < -0.4 is 0 Å². The fourth-order valence-electron chi connectivity index (χ4n) is 3.07. The van der Waals surface area contributed by atoms with E-state index in [0.29, 0.717) is 13.0 Å². The van der Waals surface area contributed by atoms with E-state index in [2.05, 4.69) is 37.8 Å². The summed E-state index contributed by atoms with van der Waals surface area (Å²) < 4.78 is 0. The molecule has 2 rings (SSSR count). The molecule has 0 bridgehead atoms. The first kappa shape index (κ1) is 14.5. The molecular weight excluding hydrogens is 238 g/mol. The molecule has 0 aromatic heterocycles. The number of piperidine rings is 1. The third-order valence-corrected chi connectivity index (χ3v) is 4.51. The Bertz CT molecular complexity index is 482. The number of likely N-dealkylation sites (N-methyl/N-ethyl adjacent to an activating group) is 1. The van der Waals surface area contributed by atoms with E-state index in [0.717, 1.165) is 0 Å². The average molecular weight is 263 g/mol. The lowest BCUT2D eigenvalue weighted by Crippen LogP contribution is -2.54. The lowest BCUT2D eigenvalue weighted by atomic mass is 9.83. The molecule has 3 nitrogen and oxygen atoms in total. The molecule has 3 unspecified atom stereocenters. The molecule has 1 aromatic rings. The van der Waals surface area contributed by atoms with E-state index in [1.807, 2.05) is 7.05 Å². The lowest BCUT2D eigenvalue weighted by molar-refractivity contribution is -0.121. The van der Waals surface area contributed by atoms with Gasteiger partial charge in [-0.2, -0.15) is 0 Å². The number of aliphatic hydroxyl groups excluding tert-OH is 1. The van der Waals surface area contributed by atoms with Gasteiger partial charge in [-0.3, -0.25) is 4.90 Å². The molecule has 3 heteroatoms. The summed E-state index contributed by atoms with van der Waals surface area (Å²) in [6.07, 6.45) is -0.0953. The Labute approximate surface area is 115 Å². The van der Waals surface area contributed by atoms with Gasteiger partial charge in [0.2, 0.25) is 0 Å². The standard InChI is InChI=1S/C16H25NO2/c1-10-6-12(3)13(7-11(10)2)14-8-15(18)16(4,19)9-17(14)5/h6-7,14-15,18-19H,8-9H2,1-5H3. The van der Waals surface area contributed by atoms with E-state index in [-0.39, 0.29) is 6.04 Å². The van der Waals surface area contributed by atoms with Crippen LogP contribution in [-0.2, 0) is 0 Å². The van der Waals surface area contributed by atoms with Gasteiger partial charge in [0.05, 0.1) is 6.10 Å². The fourth-order valence-corrected chi connectivity index (χ4v) is 3.07. The van der Waals surface area contributed by atoms with Crippen LogP contribution in [0.25, 0.3) is 0 Å². The molecule has 0 aliphatic carbocycles. The van der Waals surface area contributed by atoms with Gasteiger partial charge in [-0.15, -0.1) is 0 Å². The van der Waals surface area contributed by atoms with Crippen molar-refractivity contribution in [2.24, 2.45) is 0 Å². The Morgan fingerprint density at radius 2 is 1.74 bits per heavy atom. The fraction of sp³-hybridized carbons (Fsp3) is 0.625. The molecule has 2 N–H and O–H groups in total. The van der Waals surface area contributed by atoms with Crippen molar-refractivity contribution in [3.8, 4) is 0 Å². The molecule has 106 valence electrons. The van der Waals surface area contributed by atoms with Crippen LogP contribution in [0.5, 0.6) is 0 Å². The Balaban J connectivity index is 2.35. The van der Waals surface area contributed by atoms with Crippen molar-refractivity contribution in [3.05, 3.63) is 34.4 Å². The van der Waals surface area contributed by atoms with E-state index >= 15 is 0 Å². The largest absolute Gasteiger partial charge is 0.390 e. The number of rotatable bonds is 1. The molecule has 19 heavy (non-hydrogen) atoms. The highest BCUT2D eigenvalue weighted by atomic mass is 16.3. The number of aryl methyl sites for hydroxylation is 3. The summed E-state index contributed by atoms with van der Waals surface area (Å²) in [7, 11) is 2.01. The Morgan fingerprint density at radius 3 is 2.37 bits per heavy atom. The van der Waals surface area contributed by atoms with Crippen molar-refractivity contribution in [2.75, 3.05) is 13.6 Å². The topological polar surface area (TPSA) is 43.7 Å². The average Bonchev–Trinajstić information content (AvgIpc) is 2.28. The number of likely N-dealkylation sites (tertiary alicyclic amines) is 1. The number of β-amino-alcohol motifs (C(OH)–C–C–N with tert-alkyl or cyclic N) is 1. The SMILES string of the molecule is Cc1cc(C)c(C2CC(O)C(C)(O)CN2C)cc1C. The second-order valence-corrected chi connectivity index (χ2v) is 6.33. The van der Waals surface area contributed by atoms with Crippen LogP contribution in [0.4, 0.5) is 0 Å². The second kappa shape index (κ2) is 4.89. The monoisotopic (exact) mass is 263 g/mol. The van der Waals surface area contributed by atoms with Gasteiger partial charge in [0.25, 0.3) is 0 Å². The number of nitrogens with zero attached hydrogens (tertiary/aromatic N) is 1. The van der Waals surface area contributed by atoms with Gasteiger partial charge in [-0.05, 0) is 63.4 Å². The van der Waals surface area contributed by atoms with E-state index in [9.17, 15) is 10.2 Å². The summed E-state index contributed by atoms with van der Waals surface area (Å²) >= 11 is 0. The van der Waals surface area contributed by atoms with E-state index in [1.165, 1.54) is 22.3 Å². The molecule has 0 saturated carbocycles. The van der Waals surface area contributed by atoms with Gasteiger partial charge in [-0.25, -0.2) is 0 Å². The minimum Gasteiger partial charge on any atom is -0.390 e. The normalized spacial score (nSPS) is 32.6. The van der Waals surface area contributed by atoms with E-state index in [1.54, 1.807) is 6.92 Å². The molecule has 1 saturated heterocycles. The van der Waals surface area contributed by atoms with Crippen LogP contribution in [-0.4, -0.2) is 40.4 Å². The number of aliphatic hydroxyl groups is 2. The predicted octanol–water partition coefficient (Wildman–Crippen LogP) is 2.10. The van der Waals surface area contributed by atoms with Crippen molar-refractivity contribution in [2.45, 2.75) is 51.9 Å².